The van der Waals surface area contributed by atoms with E-state index in [4.69, 9.17) is 16.7 Å². The normalized spacial score (nSPS) is 11.7. The van der Waals surface area contributed by atoms with Crippen LogP contribution in [-0.2, 0) is 16.0 Å². The lowest BCUT2D eigenvalue weighted by Crippen LogP contribution is -2.41. The molecule has 0 heterocycles. The standard InChI is InChI=1S/C11H11ClN2O5/c1-6(15)13-9(11(16)17)5-7-8(12)3-2-4-10(7)14(18)19/h2-4,9H,5H2,1H3,(H,13,15)(H,16,17). The van der Waals surface area contributed by atoms with E-state index in [0.717, 1.165) is 6.92 Å². The Morgan fingerprint density at radius 3 is 2.63 bits per heavy atom. The molecule has 0 fully saturated rings. The van der Waals surface area contributed by atoms with Gasteiger partial charge >= 0.3 is 5.97 Å². The number of carbonyl (C=O) groups is 2. The zero-order valence-electron chi connectivity index (χ0n) is 9.92. The molecule has 1 amide bonds. The second-order valence-corrected chi connectivity index (χ2v) is 4.20. The molecule has 1 rings (SSSR count). The molecular weight excluding hydrogens is 276 g/mol. The van der Waals surface area contributed by atoms with Crippen LogP contribution in [0.1, 0.15) is 12.5 Å². The first kappa shape index (κ1) is 14.9. The van der Waals surface area contributed by atoms with Gasteiger partial charge in [0.1, 0.15) is 6.04 Å². The fraction of sp³-hybridized carbons (Fsp3) is 0.273. The van der Waals surface area contributed by atoms with Gasteiger partial charge in [-0.25, -0.2) is 4.79 Å². The minimum Gasteiger partial charge on any atom is -0.480 e. The Labute approximate surface area is 113 Å². The highest BCUT2D eigenvalue weighted by atomic mass is 35.5. The maximum absolute atomic E-state index is 11.0. The van der Waals surface area contributed by atoms with Gasteiger partial charge in [-0.3, -0.25) is 14.9 Å². The molecule has 1 atom stereocenters. The lowest BCUT2D eigenvalue weighted by atomic mass is 10.0. The highest BCUT2D eigenvalue weighted by molar-refractivity contribution is 6.31. The van der Waals surface area contributed by atoms with E-state index in [1.54, 1.807) is 0 Å². The van der Waals surface area contributed by atoms with E-state index in [2.05, 4.69) is 5.32 Å². The molecule has 0 radical (unpaired) electrons. The van der Waals surface area contributed by atoms with Crippen molar-refractivity contribution in [1.29, 1.82) is 0 Å². The molecule has 7 nitrogen and oxygen atoms in total. The highest BCUT2D eigenvalue weighted by Crippen LogP contribution is 2.27. The number of nitro groups is 1. The zero-order chi connectivity index (χ0) is 14.6. The molecule has 0 bridgehead atoms. The monoisotopic (exact) mass is 286 g/mol. The van der Waals surface area contributed by atoms with Crippen LogP contribution in [0.5, 0.6) is 0 Å². The minimum atomic E-state index is -1.29. The van der Waals surface area contributed by atoms with E-state index in [1.807, 2.05) is 0 Å². The second-order valence-electron chi connectivity index (χ2n) is 3.79. The summed E-state index contributed by atoms with van der Waals surface area (Å²) in [6.45, 7) is 1.16. The third-order valence-corrected chi connectivity index (χ3v) is 2.73. The predicted octanol–water partition coefficient (Wildman–Crippen LogP) is 1.38. The number of nitrogens with one attached hydrogen (secondary N) is 1. The van der Waals surface area contributed by atoms with Crippen LogP contribution >= 0.6 is 11.6 Å². The van der Waals surface area contributed by atoms with E-state index < -0.39 is 22.8 Å². The summed E-state index contributed by atoms with van der Waals surface area (Å²) in [6.07, 6.45) is -0.259. The van der Waals surface area contributed by atoms with Crippen molar-refractivity contribution >= 4 is 29.2 Å². The molecule has 2 N–H and O–H groups in total. The Hall–Kier alpha value is -2.15. The molecule has 0 saturated carbocycles. The van der Waals surface area contributed by atoms with Crippen molar-refractivity contribution in [2.75, 3.05) is 0 Å². The third kappa shape index (κ3) is 3.92. The largest absolute Gasteiger partial charge is 0.480 e. The number of carboxylic acids is 1. The van der Waals surface area contributed by atoms with Crippen molar-refractivity contribution in [2.24, 2.45) is 0 Å². The van der Waals surface area contributed by atoms with Crippen molar-refractivity contribution < 1.29 is 19.6 Å². The second kappa shape index (κ2) is 6.14. The van der Waals surface area contributed by atoms with Gasteiger partial charge in [0.05, 0.1) is 15.5 Å². The van der Waals surface area contributed by atoms with Gasteiger partial charge in [0.2, 0.25) is 5.91 Å². The first-order valence-electron chi connectivity index (χ1n) is 5.24. The average molecular weight is 287 g/mol. The van der Waals surface area contributed by atoms with E-state index >= 15 is 0 Å². The molecule has 1 aromatic rings. The van der Waals surface area contributed by atoms with Crippen molar-refractivity contribution in [3.63, 3.8) is 0 Å². The molecule has 19 heavy (non-hydrogen) atoms. The van der Waals surface area contributed by atoms with Gasteiger partial charge in [-0.15, -0.1) is 0 Å². The average Bonchev–Trinajstić information content (AvgIpc) is 2.29. The summed E-state index contributed by atoms with van der Waals surface area (Å²) >= 11 is 5.85. The number of benzene rings is 1. The Morgan fingerprint density at radius 1 is 1.53 bits per heavy atom. The van der Waals surface area contributed by atoms with Gasteiger partial charge in [-0.05, 0) is 6.07 Å². The fourth-order valence-electron chi connectivity index (χ4n) is 1.57. The molecule has 0 aliphatic carbocycles. The number of nitrogens with zero attached hydrogens (tertiary/aromatic N) is 1. The molecule has 102 valence electrons. The number of carbonyl (C=O) groups excluding carboxylic acids is 1. The lowest BCUT2D eigenvalue weighted by molar-refractivity contribution is -0.385. The van der Waals surface area contributed by atoms with Crippen LogP contribution < -0.4 is 5.32 Å². The molecule has 0 aliphatic rings. The topological polar surface area (TPSA) is 110 Å². The van der Waals surface area contributed by atoms with Crippen LogP contribution in [0.25, 0.3) is 0 Å². The lowest BCUT2D eigenvalue weighted by Gasteiger charge is -2.14. The van der Waals surface area contributed by atoms with Crippen molar-refractivity contribution in [1.82, 2.24) is 5.32 Å². The van der Waals surface area contributed by atoms with Crippen LogP contribution in [0.4, 0.5) is 5.69 Å². The summed E-state index contributed by atoms with van der Waals surface area (Å²) in [5, 5.41) is 22.1. The number of hydrogen-bond acceptors (Lipinski definition) is 4. The molecule has 1 aromatic carbocycles. The van der Waals surface area contributed by atoms with E-state index in [9.17, 15) is 19.7 Å². The smallest absolute Gasteiger partial charge is 0.326 e. The van der Waals surface area contributed by atoms with Crippen molar-refractivity contribution in [2.45, 2.75) is 19.4 Å². The number of hydrogen-bond donors (Lipinski definition) is 2. The Bertz CT molecular complexity index is 532. The first-order chi connectivity index (χ1) is 8.82. The summed E-state index contributed by atoms with van der Waals surface area (Å²) in [5.41, 5.74) is -0.195. The maximum Gasteiger partial charge on any atom is 0.326 e. The summed E-state index contributed by atoms with van der Waals surface area (Å²) in [6, 6.07) is 2.79. The van der Waals surface area contributed by atoms with Crippen molar-refractivity contribution in [3.8, 4) is 0 Å². The van der Waals surface area contributed by atoms with E-state index in [0.29, 0.717) is 0 Å². The van der Waals surface area contributed by atoms with Crippen molar-refractivity contribution in [3.05, 3.63) is 38.9 Å². The van der Waals surface area contributed by atoms with Crippen LogP contribution in [0.15, 0.2) is 18.2 Å². The Kier molecular flexibility index (Phi) is 4.82. The van der Waals surface area contributed by atoms with Gasteiger partial charge in [-0.2, -0.15) is 0 Å². The third-order valence-electron chi connectivity index (χ3n) is 2.37. The minimum absolute atomic E-state index is 0.0790. The number of halogens is 1. The van der Waals surface area contributed by atoms with Gasteiger partial charge in [-0.1, -0.05) is 17.7 Å². The number of nitro benzene ring substituents is 1. The fourth-order valence-corrected chi connectivity index (χ4v) is 1.82. The number of aliphatic carboxylic acids is 1. The molecule has 8 heteroatoms. The summed E-state index contributed by atoms with van der Waals surface area (Å²) in [5.74, 6) is -1.83. The quantitative estimate of drug-likeness (QED) is 0.627. The summed E-state index contributed by atoms with van der Waals surface area (Å²) in [7, 11) is 0. The number of rotatable bonds is 5. The van der Waals surface area contributed by atoms with E-state index in [1.165, 1.54) is 18.2 Å². The van der Waals surface area contributed by atoms with Crippen LogP contribution in [0.2, 0.25) is 5.02 Å². The zero-order valence-corrected chi connectivity index (χ0v) is 10.7. The number of amides is 1. The van der Waals surface area contributed by atoms with E-state index in [-0.39, 0.29) is 22.7 Å². The molecule has 0 aromatic heterocycles. The number of carboxylic acid groups (broad SMARTS) is 1. The Balaban J connectivity index is 3.11. The predicted molar refractivity (Wildman–Crippen MR) is 67.1 cm³/mol. The van der Waals surface area contributed by atoms with Gasteiger partial charge < -0.3 is 10.4 Å². The maximum atomic E-state index is 11.0. The van der Waals surface area contributed by atoms with Crippen LogP contribution in [0.3, 0.4) is 0 Å². The Morgan fingerprint density at radius 2 is 2.16 bits per heavy atom. The van der Waals surface area contributed by atoms with Gasteiger partial charge in [0.15, 0.2) is 0 Å². The highest BCUT2D eigenvalue weighted by Gasteiger charge is 2.25. The molecule has 1 unspecified atom stereocenters. The van der Waals surface area contributed by atoms with Gasteiger partial charge in [0, 0.05) is 19.4 Å². The molecule has 0 saturated heterocycles. The van der Waals surface area contributed by atoms with Crippen LogP contribution in [-0.4, -0.2) is 27.9 Å². The molecular formula is C11H11ClN2O5. The summed E-state index contributed by atoms with van der Waals surface area (Å²) in [4.78, 5) is 32.1. The molecule has 0 spiro atoms. The van der Waals surface area contributed by atoms with Gasteiger partial charge in [0.25, 0.3) is 5.69 Å². The molecule has 0 aliphatic heterocycles. The first-order valence-corrected chi connectivity index (χ1v) is 5.62. The SMILES string of the molecule is CC(=O)NC(Cc1c(Cl)cccc1[N+](=O)[O-])C(=O)O. The van der Waals surface area contributed by atoms with Crippen LogP contribution in [0, 0.1) is 10.1 Å². The summed E-state index contributed by atoms with van der Waals surface area (Å²) < 4.78 is 0.